The Bertz CT molecular complexity index is 1350. The number of aromatic amines is 1. The maximum absolute atomic E-state index is 14.4. The summed E-state index contributed by atoms with van der Waals surface area (Å²) < 4.78 is 21.1. The van der Waals surface area contributed by atoms with E-state index < -0.39 is 11.6 Å². The fraction of sp³-hybridized carbons (Fsp3) is 0.391. The number of aryl methyl sites for hydroxylation is 1. The molecule has 0 aliphatic carbocycles. The minimum Gasteiger partial charge on any atom is -0.433 e. The van der Waals surface area contributed by atoms with Crippen molar-refractivity contribution in [2.45, 2.75) is 38.8 Å². The third-order valence-corrected chi connectivity index (χ3v) is 7.51. The van der Waals surface area contributed by atoms with Gasteiger partial charge in [-0.25, -0.2) is 19.3 Å². The Hall–Kier alpha value is -3.11. The second-order valence-corrected chi connectivity index (χ2v) is 10.0. The van der Waals surface area contributed by atoms with Gasteiger partial charge in [0, 0.05) is 18.7 Å². The van der Waals surface area contributed by atoms with Crippen LogP contribution in [0.15, 0.2) is 28.9 Å². The number of H-pyrrole nitrogens is 1. The molecule has 4 aromatic rings. The Kier molecular flexibility index (Phi) is 5.09. The summed E-state index contributed by atoms with van der Waals surface area (Å²) in [5.41, 5.74) is 2.03. The van der Waals surface area contributed by atoms with Crippen LogP contribution in [-0.2, 0) is 12.0 Å². The van der Waals surface area contributed by atoms with Crippen LogP contribution in [0.4, 0.5) is 4.39 Å². The monoisotopic (exact) mass is 468 g/mol. The topological polar surface area (TPSA) is 91.2 Å². The summed E-state index contributed by atoms with van der Waals surface area (Å²) in [7, 11) is 3.88. The highest BCUT2D eigenvalue weighted by molar-refractivity contribution is 7.18. The van der Waals surface area contributed by atoms with Crippen LogP contribution >= 0.6 is 11.3 Å². The van der Waals surface area contributed by atoms with Gasteiger partial charge in [-0.3, -0.25) is 9.69 Å². The lowest BCUT2D eigenvalue weighted by Gasteiger charge is -2.33. The number of halogens is 1. The number of aromatic nitrogens is 4. The molecule has 0 bridgehead atoms. The molecule has 1 atom stereocenters. The molecule has 1 amide bonds. The Morgan fingerprint density at radius 3 is 2.85 bits per heavy atom. The van der Waals surface area contributed by atoms with Gasteiger partial charge in [0.1, 0.15) is 22.4 Å². The average molecular weight is 469 g/mol. The number of benzene rings is 1. The maximum atomic E-state index is 14.4. The molecule has 1 aliphatic heterocycles. The SMILES string of the molecule is Cc1nc(C(C)(C)N(C)C)oc1C(=O)N1CCc2[nH]cnc2[C@H]1c1nc2c(F)cccc2s1. The smallest absolute Gasteiger partial charge is 0.292 e. The summed E-state index contributed by atoms with van der Waals surface area (Å²) in [6.45, 7) is 6.20. The van der Waals surface area contributed by atoms with Crippen LogP contribution in [0.3, 0.4) is 0 Å². The van der Waals surface area contributed by atoms with Crippen LogP contribution in [0, 0.1) is 12.7 Å². The molecule has 5 rings (SSSR count). The first kappa shape index (κ1) is 21.7. The molecule has 0 fully saturated rings. The summed E-state index contributed by atoms with van der Waals surface area (Å²) in [4.78, 5) is 34.3. The zero-order chi connectivity index (χ0) is 23.5. The van der Waals surface area contributed by atoms with Crippen molar-refractivity contribution in [3.05, 3.63) is 64.1 Å². The number of rotatable bonds is 4. The number of para-hydroxylation sites is 1. The lowest BCUT2D eigenvalue weighted by Crippen LogP contribution is -2.41. The standard InChI is InChI=1S/C23H25FN6O2S/c1-12-19(32-22(27-12)23(2,3)29(4)5)21(31)30-10-9-14-17(26-11-25-14)18(30)20-28-16-13(24)7-6-8-15(16)33-20/h6-8,11,18H,9-10H2,1-5H3,(H,25,26)/t18-/m0/s1. The van der Waals surface area contributed by atoms with Crippen molar-refractivity contribution >= 4 is 27.5 Å². The highest BCUT2D eigenvalue weighted by Gasteiger charge is 2.39. The molecule has 172 valence electrons. The molecule has 0 saturated heterocycles. The molecule has 3 aromatic heterocycles. The maximum Gasteiger partial charge on any atom is 0.292 e. The van der Waals surface area contributed by atoms with Crippen LogP contribution < -0.4 is 0 Å². The number of oxazole rings is 1. The lowest BCUT2D eigenvalue weighted by molar-refractivity contribution is 0.0645. The number of hydrogen-bond acceptors (Lipinski definition) is 7. The van der Waals surface area contributed by atoms with Gasteiger partial charge in [0.15, 0.2) is 0 Å². The molecule has 0 unspecified atom stereocenters. The minimum atomic E-state index is -0.542. The van der Waals surface area contributed by atoms with Crippen molar-refractivity contribution in [1.29, 1.82) is 0 Å². The first-order valence-electron chi connectivity index (χ1n) is 10.7. The highest BCUT2D eigenvalue weighted by Crippen LogP contribution is 2.39. The third kappa shape index (κ3) is 3.44. The molecular formula is C23H25FN6O2S. The van der Waals surface area contributed by atoms with Gasteiger partial charge in [0.2, 0.25) is 11.7 Å². The summed E-state index contributed by atoms with van der Waals surface area (Å²) in [5.74, 6) is 0.0207. The number of thiazole rings is 1. The van der Waals surface area contributed by atoms with Crippen LogP contribution in [0.25, 0.3) is 10.2 Å². The zero-order valence-electron chi connectivity index (χ0n) is 19.1. The molecule has 10 heteroatoms. The molecule has 0 spiro atoms. The van der Waals surface area contributed by atoms with Gasteiger partial charge in [-0.05, 0) is 47.0 Å². The number of imidazole rings is 1. The molecular weight excluding hydrogens is 443 g/mol. The van der Waals surface area contributed by atoms with Gasteiger partial charge >= 0.3 is 0 Å². The number of nitrogens with zero attached hydrogens (tertiary/aromatic N) is 5. The average Bonchev–Trinajstić information content (AvgIpc) is 3.50. The number of hydrogen-bond donors (Lipinski definition) is 1. The Morgan fingerprint density at radius 1 is 1.33 bits per heavy atom. The third-order valence-electron chi connectivity index (χ3n) is 6.44. The molecule has 0 radical (unpaired) electrons. The second kappa shape index (κ2) is 7.74. The van der Waals surface area contributed by atoms with Gasteiger partial charge < -0.3 is 14.3 Å². The van der Waals surface area contributed by atoms with E-state index in [0.29, 0.717) is 35.1 Å². The van der Waals surface area contributed by atoms with Crippen LogP contribution in [0.2, 0.25) is 0 Å². The summed E-state index contributed by atoms with van der Waals surface area (Å²) in [6.07, 6.45) is 2.25. The zero-order valence-corrected chi connectivity index (χ0v) is 20.0. The van der Waals surface area contributed by atoms with Crippen LogP contribution in [-0.4, -0.2) is 56.3 Å². The number of carbonyl (C=O) groups excluding carboxylic acids is 1. The fourth-order valence-electron chi connectivity index (χ4n) is 3.97. The summed E-state index contributed by atoms with van der Waals surface area (Å²) in [6, 6.07) is 4.34. The molecule has 1 aliphatic rings. The quantitative estimate of drug-likeness (QED) is 0.486. The minimum absolute atomic E-state index is 0.205. The summed E-state index contributed by atoms with van der Waals surface area (Å²) in [5, 5.41) is 0.613. The van der Waals surface area contributed by atoms with E-state index in [1.165, 1.54) is 17.4 Å². The van der Waals surface area contributed by atoms with E-state index in [4.69, 9.17) is 4.42 Å². The van der Waals surface area contributed by atoms with Crippen molar-refractivity contribution in [1.82, 2.24) is 29.7 Å². The predicted octanol–water partition coefficient (Wildman–Crippen LogP) is 4.04. The number of amides is 1. The van der Waals surface area contributed by atoms with E-state index in [-0.39, 0.29) is 17.5 Å². The molecule has 1 N–H and O–H groups in total. The molecule has 8 nitrogen and oxygen atoms in total. The van der Waals surface area contributed by atoms with E-state index in [2.05, 4.69) is 19.9 Å². The van der Waals surface area contributed by atoms with E-state index in [9.17, 15) is 9.18 Å². The normalized spacial score (nSPS) is 16.6. The van der Waals surface area contributed by atoms with Crippen molar-refractivity contribution in [3.63, 3.8) is 0 Å². The van der Waals surface area contributed by atoms with Gasteiger partial charge in [0.05, 0.1) is 28.0 Å². The van der Waals surface area contributed by atoms with Gasteiger partial charge in [-0.2, -0.15) is 0 Å². The number of nitrogens with one attached hydrogen (secondary N) is 1. The lowest BCUT2D eigenvalue weighted by atomic mass is 10.0. The predicted molar refractivity (Wildman–Crippen MR) is 123 cm³/mol. The van der Waals surface area contributed by atoms with E-state index in [1.54, 1.807) is 24.2 Å². The van der Waals surface area contributed by atoms with Crippen LogP contribution in [0.1, 0.15) is 58.4 Å². The molecule has 0 saturated carbocycles. The molecule has 33 heavy (non-hydrogen) atoms. The second-order valence-electron chi connectivity index (χ2n) is 8.94. The van der Waals surface area contributed by atoms with Crippen LogP contribution in [0.5, 0.6) is 0 Å². The van der Waals surface area contributed by atoms with E-state index in [1.807, 2.05) is 38.9 Å². The highest BCUT2D eigenvalue weighted by atomic mass is 32.1. The van der Waals surface area contributed by atoms with Gasteiger partial charge in [-0.1, -0.05) is 6.07 Å². The number of fused-ring (bicyclic) bond motifs is 2. The first-order valence-corrected chi connectivity index (χ1v) is 11.5. The first-order chi connectivity index (χ1) is 15.7. The Balaban J connectivity index is 1.59. The largest absolute Gasteiger partial charge is 0.433 e. The van der Waals surface area contributed by atoms with Gasteiger partial charge in [0.25, 0.3) is 5.91 Å². The van der Waals surface area contributed by atoms with Crippen molar-refractivity contribution in [2.75, 3.05) is 20.6 Å². The number of carbonyl (C=O) groups is 1. The Morgan fingerprint density at radius 2 is 2.12 bits per heavy atom. The van der Waals surface area contributed by atoms with Crippen molar-refractivity contribution < 1.29 is 13.6 Å². The van der Waals surface area contributed by atoms with E-state index in [0.717, 1.165) is 16.1 Å². The Labute approximate surface area is 194 Å². The van der Waals surface area contributed by atoms with E-state index >= 15 is 0 Å². The van der Waals surface area contributed by atoms with Crippen molar-refractivity contribution in [2.24, 2.45) is 0 Å². The van der Waals surface area contributed by atoms with Crippen molar-refractivity contribution in [3.8, 4) is 0 Å². The van der Waals surface area contributed by atoms with Gasteiger partial charge in [-0.15, -0.1) is 11.3 Å². The molecule has 4 heterocycles. The summed E-state index contributed by atoms with van der Waals surface area (Å²) >= 11 is 1.37. The molecule has 1 aromatic carbocycles. The fourth-order valence-corrected chi connectivity index (χ4v) is 5.07.